The van der Waals surface area contributed by atoms with Crippen molar-refractivity contribution in [3.63, 3.8) is 0 Å². The molecule has 156 valence electrons. The van der Waals surface area contributed by atoms with Gasteiger partial charge in [-0.15, -0.1) is 10.2 Å². The van der Waals surface area contributed by atoms with E-state index in [1.54, 1.807) is 22.8 Å². The van der Waals surface area contributed by atoms with Gasteiger partial charge in [0.2, 0.25) is 11.8 Å². The monoisotopic (exact) mass is 427 g/mol. The third-order valence-corrected chi connectivity index (χ3v) is 5.04. The number of hydrogen-bond acceptors (Lipinski definition) is 5. The first-order valence-corrected chi connectivity index (χ1v) is 10.5. The van der Waals surface area contributed by atoms with E-state index in [0.29, 0.717) is 23.1 Å². The van der Waals surface area contributed by atoms with Crippen molar-refractivity contribution in [1.29, 1.82) is 0 Å². The zero-order chi connectivity index (χ0) is 21.3. The van der Waals surface area contributed by atoms with Crippen LogP contribution >= 0.6 is 11.8 Å². The number of benzene rings is 2. The number of thioether (sulfide) groups is 1. The molecular weight excluding hydrogens is 405 g/mol. The lowest BCUT2D eigenvalue weighted by Gasteiger charge is -2.11. The zero-order valence-electron chi connectivity index (χ0n) is 16.5. The number of nitrogens with zero attached hydrogens (tertiary/aromatic N) is 3. The van der Waals surface area contributed by atoms with Gasteiger partial charge in [-0.1, -0.05) is 49.0 Å². The Kier molecular flexibility index (Phi) is 7.56. The molecule has 0 atom stereocenters. The quantitative estimate of drug-likeness (QED) is 0.513. The smallest absolute Gasteiger partial charge is 0.239 e. The number of para-hydroxylation sites is 1. The van der Waals surface area contributed by atoms with Gasteiger partial charge >= 0.3 is 0 Å². The molecule has 1 heterocycles. The molecule has 9 heteroatoms. The Bertz CT molecular complexity index is 1010. The summed E-state index contributed by atoms with van der Waals surface area (Å²) >= 11 is 1.16. The van der Waals surface area contributed by atoms with E-state index in [9.17, 15) is 14.0 Å². The van der Waals surface area contributed by atoms with E-state index in [4.69, 9.17) is 0 Å². The van der Waals surface area contributed by atoms with E-state index >= 15 is 0 Å². The van der Waals surface area contributed by atoms with Crippen LogP contribution in [0.2, 0.25) is 0 Å². The fourth-order valence-corrected chi connectivity index (χ4v) is 3.46. The number of carbonyl (C=O) groups is 2. The van der Waals surface area contributed by atoms with E-state index in [1.807, 2.05) is 37.3 Å². The summed E-state index contributed by atoms with van der Waals surface area (Å²) in [6, 6.07) is 15.6. The number of aromatic nitrogens is 3. The van der Waals surface area contributed by atoms with Crippen molar-refractivity contribution in [2.75, 3.05) is 18.8 Å². The molecule has 2 N–H and O–H groups in total. The molecule has 30 heavy (non-hydrogen) atoms. The van der Waals surface area contributed by atoms with Crippen LogP contribution in [0.4, 0.5) is 4.39 Å². The number of rotatable bonds is 9. The minimum Gasteiger partial charge on any atom is -0.355 e. The summed E-state index contributed by atoms with van der Waals surface area (Å²) in [6.45, 7) is 2.45. The predicted molar refractivity (Wildman–Crippen MR) is 114 cm³/mol. The third kappa shape index (κ3) is 5.44. The molecule has 0 saturated heterocycles. The lowest BCUT2D eigenvalue weighted by atomic mass is 10.2. The van der Waals surface area contributed by atoms with Crippen LogP contribution in [0.3, 0.4) is 0 Å². The molecule has 1 aromatic heterocycles. The largest absolute Gasteiger partial charge is 0.355 e. The molecule has 0 bridgehead atoms. The van der Waals surface area contributed by atoms with Crippen LogP contribution < -0.4 is 10.6 Å². The summed E-state index contributed by atoms with van der Waals surface area (Å²) in [6.07, 6.45) is 0.828. The van der Waals surface area contributed by atoms with Crippen LogP contribution in [-0.4, -0.2) is 45.4 Å². The Morgan fingerprint density at radius 2 is 1.73 bits per heavy atom. The predicted octanol–water partition coefficient (Wildman–Crippen LogP) is 2.81. The lowest BCUT2D eigenvalue weighted by Crippen LogP contribution is -2.37. The van der Waals surface area contributed by atoms with Gasteiger partial charge in [-0.2, -0.15) is 0 Å². The number of carbonyl (C=O) groups excluding carboxylic acids is 2. The normalized spacial score (nSPS) is 10.6. The Morgan fingerprint density at radius 3 is 2.47 bits per heavy atom. The van der Waals surface area contributed by atoms with Gasteiger partial charge in [0.05, 0.1) is 17.9 Å². The van der Waals surface area contributed by atoms with Crippen molar-refractivity contribution in [1.82, 2.24) is 25.4 Å². The summed E-state index contributed by atoms with van der Waals surface area (Å²) in [4.78, 5) is 23.8. The SMILES string of the molecule is CCCNC(=O)CNC(=O)CSc1nnc(-c2ccccc2F)n1-c1ccccc1. The van der Waals surface area contributed by atoms with Crippen LogP contribution in [0.25, 0.3) is 17.1 Å². The van der Waals surface area contributed by atoms with Crippen LogP contribution in [0, 0.1) is 5.82 Å². The van der Waals surface area contributed by atoms with E-state index in [-0.39, 0.29) is 24.1 Å². The molecule has 2 aromatic carbocycles. The van der Waals surface area contributed by atoms with Crippen LogP contribution in [0.1, 0.15) is 13.3 Å². The highest BCUT2D eigenvalue weighted by Crippen LogP contribution is 2.29. The van der Waals surface area contributed by atoms with Crippen molar-refractivity contribution >= 4 is 23.6 Å². The van der Waals surface area contributed by atoms with Gasteiger partial charge < -0.3 is 10.6 Å². The average molecular weight is 428 g/mol. The van der Waals surface area contributed by atoms with Crippen LogP contribution in [0.5, 0.6) is 0 Å². The Labute approximate surface area is 178 Å². The van der Waals surface area contributed by atoms with Crippen molar-refractivity contribution in [3.05, 3.63) is 60.4 Å². The fraction of sp³-hybridized carbons (Fsp3) is 0.238. The first kappa shape index (κ1) is 21.5. The Balaban J connectivity index is 1.76. The summed E-state index contributed by atoms with van der Waals surface area (Å²) in [5.74, 6) is -0.551. The van der Waals surface area contributed by atoms with E-state index < -0.39 is 5.82 Å². The molecular formula is C21H22FN5O2S. The standard InChI is InChI=1S/C21H22FN5O2S/c1-2-12-23-18(28)13-24-19(29)14-30-21-26-25-20(16-10-6-7-11-17(16)22)27(21)15-8-4-3-5-9-15/h3-11H,2,12-14H2,1H3,(H,23,28)(H,24,29). The zero-order valence-corrected chi connectivity index (χ0v) is 17.3. The summed E-state index contributed by atoms with van der Waals surface area (Å²) < 4.78 is 16.1. The second-order valence-electron chi connectivity index (χ2n) is 6.37. The highest BCUT2D eigenvalue weighted by molar-refractivity contribution is 7.99. The summed E-state index contributed by atoms with van der Waals surface area (Å²) in [5.41, 5.74) is 1.07. The maximum atomic E-state index is 14.4. The first-order chi connectivity index (χ1) is 14.6. The van der Waals surface area contributed by atoms with E-state index in [1.165, 1.54) is 6.07 Å². The molecule has 3 rings (SSSR count). The second-order valence-corrected chi connectivity index (χ2v) is 7.31. The molecule has 0 aliphatic carbocycles. The van der Waals surface area contributed by atoms with Gasteiger partial charge in [-0.05, 0) is 30.7 Å². The number of nitrogens with one attached hydrogen (secondary N) is 2. The van der Waals surface area contributed by atoms with E-state index in [2.05, 4.69) is 20.8 Å². The minimum absolute atomic E-state index is 0.0449. The number of amides is 2. The molecule has 0 aliphatic rings. The summed E-state index contributed by atoms with van der Waals surface area (Å²) in [7, 11) is 0. The highest BCUT2D eigenvalue weighted by atomic mass is 32.2. The van der Waals surface area contributed by atoms with Gasteiger partial charge in [0.15, 0.2) is 11.0 Å². The molecule has 0 fully saturated rings. The topological polar surface area (TPSA) is 88.9 Å². The van der Waals surface area contributed by atoms with Crippen LogP contribution in [-0.2, 0) is 9.59 Å². The van der Waals surface area contributed by atoms with Crippen molar-refractivity contribution < 1.29 is 14.0 Å². The maximum absolute atomic E-state index is 14.4. The van der Waals surface area contributed by atoms with Crippen molar-refractivity contribution in [3.8, 4) is 17.1 Å². The van der Waals surface area contributed by atoms with Crippen molar-refractivity contribution in [2.24, 2.45) is 0 Å². The molecule has 7 nitrogen and oxygen atoms in total. The Morgan fingerprint density at radius 1 is 1.00 bits per heavy atom. The minimum atomic E-state index is -0.408. The maximum Gasteiger partial charge on any atom is 0.239 e. The summed E-state index contributed by atoms with van der Waals surface area (Å²) in [5, 5.41) is 14.1. The van der Waals surface area contributed by atoms with Crippen molar-refractivity contribution in [2.45, 2.75) is 18.5 Å². The molecule has 0 unspecified atom stereocenters. The lowest BCUT2D eigenvalue weighted by molar-refractivity contribution is -0.124. The molecule has 0 aliphatic heterocycles. The molecule has 2 amide bonds. The average Bonchev–Trinajstić information content (AvgIpc) is 3.19. The molecule has 0 saturated carbocycles. The molecule has 3 aromatic rings. The van der Waals surface area contributed by atoms with E-state index in [0.717, 1.165) is 23.9 Å². The van der Waals surface area contributed by atoms with Gasteiger partial charge in [0, 0.05) is 12.2 Å². The number of hydrogen-bond donors (Lipinski definition) is 2. The Hall–Kier alpha value is -3.20. The fourth-order valence-electron chi connectivity index (χ4n) is 2.68. The van der Waals surface area contributed by atoms with Gasteiger partial charge in [-0.25, -0.2) is 4.39 Å². The molecule has 0 spiro atoms. The number of halogens is 1. The highest BCUT2D eigenvalue weighted by Gasteiger charge is 2.19. The molecule has 0 radical (unpaired) electrons. The second kappa shape index (κ2) is 10.5. The van der Waals surface area contributed by atoms with Gasteiger partial charge in [-0.3, -0.25) is 14.2 Å². The third-order valence-electron chi connectivity index (χ3n) is 4.11. The first-order valence-electron chi connectivity index (χ1n) is 9.52. The van der Waals surface area contributed by atoms with Gasteiger partial charge in [0.1, 0.15) is 5.82 Å². The van der Waals surface area contributed by atoms with Crippen LogP contribution in [0.15, 0.2) is 59.8 Å². The van der Waals surface area contributed by atoms with Gasteiger partial charge in [0.25, 0.3) is 0 Å².